The second-order valence-electron chi connectivity index (χ2n) is 4.34. The van der Waals surface area contributed by atoms with Crippen LogP contribution in [0.1, 0.15) is 5.56 Å². The molecule has 0 bridgehead atoms. The van der Waals surface area contributed by atoms with Crippen molar-refractivity contribution in [3.05, 3.63) is 52.4 Å². The van der Waals surface area contributed by atoms with Crippen LogP contribution in [0.25, 0.3) is 12.2 Å². The van der Waals surface area contributed by atoms with Crippen LogP contribution in [0.5, 0.6) is 0 Å². The highest BCUT2D eigenvalue weighted by atomic mass is 16.2. The predicted molar refractivity (Wildman–Crippen MR) is 70.0 cm³/mol. The summed E-state index contributed by atoms with van der Waals surface area (Å²) in [7, 11) is 1.84. The molecule has 17 heavy (non-hydrogen) atoms. The normalized spacial score (nSPS) is 16.8. The van der Waals surface area contributed by atoms with Crippen LogP contribution in [0.15, 0.2) is 36.4 Å². The van der Waals surface area contributed by atoms with Gasteiger partial charge < -0.3 is 4.90 Å². The van der Waals surface area contributed by atoms with Crippen molar-refractivity contribution in [1.82, 2.24) is 0 Å². The van der Waals surface area contributed by atoms with Crippen molar-refractivity contribution in [2.24, 2.45) is 0 Å². The number of anilines is 1. The fourth-order valence-corrected chi connectivity index (χ4v) is 2.27. The lowest BCUT2D eigenvalue weighted by Crippen LogP contribution is -2.26. The lowest BCUT2D eigenvalue weighted by atomic mass is 10.1. The van der Waals surface area contributed by atoms with E-state index in [4.69, 9.17) is 0 Å². The maximum absolute atomic E-state index is 11.7. The zero-order valence-corrected chi connectivity index (χ0v) is 9.68. The summed E-state index contributed by atoms with van der Waals surface area (Å²) >= 11 is 0. The Bertz CT molecular complexity index is 665. The SMILES string of the molecule is CN1C(=O)Cc2cc3c(cc21)=CC=CC=CC=3. The summed E-state index contributed by atoms with van der Waals surface area (Å²) in [6.07, 6.45) is 12.7. The molecule has 1 amide bonds. The van der Waals surface area contributed by atoms with Crippen molar-refractivity contribution >= 4 is 23.7 Å². The molecule has 0 fully saturated rings. The third-order valence-electron chi connectivity index (χ3n) is 3.25. The second kappa shape index (κ2) is 3.74. The number of rotatable bonds is 0. The second-order valence-corrected chi connectivity index (χ2v) is 4.34. The zero-order valence-electron chi connectivity index (χ0n) is 9.68. The summed E-state index contributed by atoms with van der Waals surface area (Å²) in [5.74, 6) is 0.170. The highest BCUT2D eigenvalue weighted by molar-refractivity contribution is 6.00. The molecular weight excluding hydrogens is 210 g/mol. The number of amides is 1. The highest BCUT2D eigenvalue weighted by Gasteiger charge is 2.23. The number of likely N-dealkylation sites (N-methyl/N-ethyl adjacent to an activating group) is 1. The van der Waals surface area contributed by atoms with E-state index in [-0.39, 0.29) is 5.91 Å². The molecule has 0 radical (unpaired) electrons. The first-order chi connectivity index (χ1) is 8.25. The minimum Gasteiger partial charge on any atom is -0.315 e. The Morgan fingerprint density at radius 3 is 2.35 bits per heavy atom. The fraction of sp³-hybridized carbons (Fsp3) is 0.133. The van der Waals surface area contributed by atoms with Gasteiger partial charge in [-0.3, -0.25) is 4.79 Å². The molecule has 1 aliphatic heterocycles. The lowest BCUT2D eigenvalue weighted by Gasteiger charge is -2.09. The number of carbonyl (C=O) groups excluding carboxylic acids is 1. The van der Waals surface area contributed by atoms with Crippen LogP contribution in [-0.4, -0.2) is 13.0 Å². The summed E-state index contributed by atoms with van der Waals surface area (Å²) in [5, 5.41) is 2.33. The Kier molecular flexibility index (Phi) is 2.22. The van der Waals surface area contributed by atoms with Gasteiger partial charge in [0.25, 0.3) is 0 Å². The Hall–Kier alpha value is -2.09. The van der Waals surface area contributed by atoms with Crippen molar-refractivity contribution in [3.8, 4) is 0 Å². The van der Waals surface area contributed by atoms with Crippen LogP contribution >= 0.6 is 0 Å². The first kappa shape index (κ1) is 10.1. The standard InChI is InChI=1S/C15H13NO/c1-16-14-9-12-7-5-3-2-4-6-11(12)8-13(14)10-15(16)17/h2-9H,10H2,1H3. The van der Waals surface area contributed by atoms with Crippen LogP contribution in [-0.2, 0) is 11.2 Å². The molecule has 3 rings (SSSR count). The van der Waals surface area contributed by atoms with Crippen LogP contribution in [0.4, 0.5) is 5.69 Å². The van der Waals surface area contributed by atoms with E-state index in [1.807, 2.05) is 31.4 Å². The number of hydrogen-bond acceptors (Lipinski definition) is 1. The highest BCUT2D eigenvalue weighted by Crippen LogP contribution is 2.24. The number of benzene rings is 1. The average Bonchev–Trinajstić information content (AvgIpc) is 2.55. The van der Waals surface area contributed by atoms with Gasteiger partial charge in [0.2, 0.25) is 5.91 Å². The van der Waals surface area contributed by atoms with E-state index in [0.717, 1.165) is 16.5 Å². The molecule has 1 aromatic carbocycles. The number of fused-ring (bicyclic) bond motifs is 2. The Labute approximate surface area is 99.9 Å². The van der Waals surface area contributed by atoms with Gasteiger partial charge in [-0.25, -0.2) is 0 Å². The van der Waals surface area contributed by atoms with Gasteiger partial charge in [-0.15, -0.1) is 0 Å². The minimum absolute atomic E-state index is 0.170. The van der Waals surface area contributed by atoms with Gasteiger partial charge in [0, 0.05) is 12.7 Å². The molecule has 2 aliphatic rings. The summed E-state index contributed by atoms with van der Waals surface area (Å²) in [5.41, 5.74) is 2.16. The molecule has 0 N–H and O–H groups in total. The Morgan fingerprint density at radius 1 is 1.00 bits per heavy atom. The van der Waals surface area contributed by atoms with Crippen LogP contribution < -0.4 is 15.3 Å². The molecule has 1 heterocycles. The largest absolute Gasteiger partial charge is 0.315 e. The summed E-state index contributed by atoms with van der Waals surface area (Å²) < 4.78 is 0. The maximum Gasteiger partial charge on any atom is 0.231 e. The number of allylic oxidation sites excluding steroid dienone is 4. The quantitative estimate of drug-likeness (QED) is 0.639. The molecular formula is C15H13NO. The molecule has 0 unspecified atom stereocenters. The smallest absolute Gasteiger partial charge is 0.231 e. The van der Waals surface area contributed by atoms with Crippen molar-refractivity contribution in [2.75, 3.05) is 11.9 Å². The first-order valence-corrected chi connectivity index (χ1v) is 5.70. The number of carbonyl (C=O) groups is 1. The van der Waals surface area contributed by atoms with E-state index in [1.165, 1.54) is 5.22 Å². The van der Waals surface area contributed by atoms with Crippen LogP contribution in [0.3, 0.4) is 0 Å². The Balaban J connectivity index is 2.31. The molecule has 84 valence electrons. The van der Waals surface area contributed by atoms with E-state index < -0.39 is 0 Å². The first-order valence-electron chi connectivity index (χ1n) is 5.70. The van der Waals surface area contributed by atoms with Crippen molar-refractivity contribution in [2.45, 2.75) is 6.42 Å². The summed E-state index contributed by atoms with van der Waals surface area (Å²) in [6, 6.07) is 4.21. The number of hydrogen-bond donors (Lipinski definition) is 0. The topological polar surface area (TPSA) is 20.3 Å². The van der Waals surface area contributed by atoms with E-state index in [1.54, 1.807) is 4.90 Å². The third kappa shape index (κ3) is 1.62. The van der Waals surface area contributed by atoms with E-state index in [0.29, 0.717) is 6.42 Å². The van der Waals surface area contributed by atoms with Gasteiger partial charge in [0.05, 0.1) is 6.42 Å². The molecule has 0 saturated carbocycles. The molecule has 0 aromatic heterocycles. The average molecular weight is 223 g/mol. The monoisotopic (exact) mass is 223 g/mol. The minimum atomic E-state index is 0.170. The van der Waals surface area contributed by atoms with Gasteiger partial charge >= 0.3 is 0 Å². The van der Waals surface area contributed by atoms with Crippen molar-refractivity contribution in [3.63, 3.8) is 0 Å². The fourth-order valence-electron chi connectivity index (χ4n) is 2.27. The van der Waals surface area contributed by atoms with Gasteiger partial charge in [-0.1, -0.05) is 36.5 Å². The molecule has 1 aromatic rings. The van der Waals surface area contributed by atoms with Gasteiger partial charge in [-0.05, 0) is 28.1 Å². The molecule has 2 nitrogen and oxygen atoms in total. The third-order valence-corrected chi connectivity index (χ3v) is 3.25. The molecule has 0 spiro atoms. The van der Waals surface area contributed by atoms with Crippen molar-refractivity contribution in [1.29, 1.82) is 0 Å². The molecule has 0 atom stereocenters. The number of nitrogens with zero attached hydrogens (tertiary/aromatic N) is 1. The van der Waals surface area contributed by atoms with E-state index in [9.17, 15) is 4.79 Å². The van der Waals surface area contributed by atoms with Crippen LogP contribution in [0, 0.1) is 0 Å². The van der Waals surface area contributed by atoms with Gasteiger partial charge in [-0.2, -0.15) is 0 Å². The van der Waals surface area contributed by atoms with Gasteiger partial charge in [0.15, 0.2) is 0 Å². The maximum atomic E-state index is 11.7. The van der Waals surface area contributed by atoms with Gasteiger partial charge in [0.1, 0.15) is 0 Å². The lowest BCUT2D eigenvalue weighted by molar-refractivity contribution is -0.117. The van der Waals surface area contributed by atoms with E-state index >= 15 is 0 Å². The zero-order chi connectivity index (χ0) is 11.8. The van der Waals surface area contributed by atoms with Crippen molar-refractivity contribution < 1.29 is 4.79 Å². The summed E-state index contributed by atoms with van der Waals surface area (Å²) in [6.45, 7) is 0. The molecule has 1 aliphatic carbocycles. The van der Waals surface area contributed by atoms with E-state index in [2.05, 4.69) is 24.3 Å². The summed E-state index contributed by atoms with van der Waals surface area (Å²) in [4.78, 5) is 13.4. The Morgan fingerprint density at radius 2 is 1.65 bits per heavy atom. The van der Waals surface area contributed by atoms with Crippen LogP contribution in [0.2, 0.25) is 0 Å². The predicted octanol–water partition coefficient (Wildman–Crippen LogP) is 0.893. The molecule has 0 saturated heterocycles. The molecule has 2 heteroatoms.